The highest BCUT2D eigenvalue weighted by Gasteiger charge is 2.15. The number of aromatic nitrogens is 4. The Labute approximate surface area is 111 Å². The molecular formula is C14H17N5. The summed E-state index contributed by atoms with van der Waals surface area (Å²) in [4.78, 5) is 3.27. The van der Waals surface area contributed by atoms with Gasteiger partial charge in [-0.25, -0.2) is 0 Å². The summed E-state index contributed by atoms with van der Waals surface area (Å²) in [6, 6.07) is 8.11. The Balaban J connectivity index is 1.89. The predicted octanol–water partition coefficient (Wildman–Crippen LogP) is 2.02. The van der Waals surface area contributed by atoms with Crippen molar-refractivity contribution in [3.63, 3.8) is 0 Å². The van der Waals surface area contributed by atoms with Gasteiger partial charge in [0.1, 0.15) is 12.2 Å². The van der Waals surface area contributed by atoms with Gasteiger partial charge in [-0.05, 0) is 25.0 Å². The molecule has 3 aromatic rings. The molecule has 19 heavy (non-hydrogen) atoms. The van der Waals surface area contributed by atoms with Crippen molar-refractivity contribution in [1.29, 1.82) is 0 Å². The van der Waals surface area contributed by atoms with Crippen LogP contribution in [0.4, 0.5) is 0 Å². The van der Waals surface area contributed by atoms with Crippen LogP contribution >= 0.6 is 0 Å². The summed E-state index contributed by atoms with van der Waals surface area (Å²) >= 11 is 0. The molecule has 0 radical (unpaired) electrons. The number of nitrogens with two attached hydrogens (primary N) is 1. The van der Waals surface area contributed by atoms with Gasteiger partial charge in [-0.2, -0.15) is 0 Å². The second-order valence-electron chi connectivity index (χ2n) is 4.65. The Hall–Kier alpha value is -2.14. The third kappa shape index (κ3) is 2.13. The van der Waals surface area contributed by atoms with E-state index in [0.717, 1.165) is 24.3 Å². The molecule has 0 fully saturated rings. The Morgan fingerprint density at radius 1 is 1.37 bits per heavy atom. The molecule has 0 unspecified atom stereocenters. The van der Waals surface area contributed by atoms with Crippen LogP contribution in [0.2, 0.25) is 0 Å². The van der Waals surface area contributed by atoms with E-state index >= 15 is 0 Å². The van der Waals surface area contributed by atoms with Gasteiger partial charge >= 0.3 is 0 Å². The van der Waals surface area contributed by atoms with Crippen LogP contribution in [0.1, 0.15) is 24.4 Å². The highest BCUT2D eigenvalue weighted by molar-refractivity contribution is 5.83. The molecule has 5 nitrogen and oxygen atoms in total. The molecule has 0 aliphatic carbocycles. The number of rotatable bonds is 4. The van der Waals surface area contributed by atoms with Gasteiger partial charge in [-0.3, -0.25) is 0 Å². The third-order valence-corrected chi connectivity index (χ3v) is 3.43. The van der Waals surface area contributed by atoms with Crippen LogP contribution in [0, 0.1) is 0 Å². The van der Waals surface area contributed by atoms with Crippen LogP contribution in [0.25, 0.3) is 10.9 Å². The lowest BCUT2D eigenvalue weighted by Gasteiger charge is -2.11. The van der Waals surface area contributed by atoms with Gasteiger partial charge in [0, 0.05) is 23.6 Å². The topological polar surface area (TPSA) is 72.5 Å². The van der Waals surface area contributed by atoms with E-state index < -0.39 is 0 Å². The number of H-pyrrole nitrogens is 1. The maximum Gasteiger partial charge on any atom is 0.150 e. The number of hydrogen-bond acceptors (Lipinski definition) is 3. The monoisotopic (exact) mass is 255 g/mol. The number of aromatic amines is 1. The van der Waals surface area contributed by atoms with Crippen LogP contribution in [0.5, 0.6) is 0 Å². The minimum absolute atomic E-state index is 0.137. The van der Waals surface area contributed by atoms with Crippen LogP contribution in [0.15, 0.2) is 36.8 Å². The number of fused-ring (bicyclic) bond motifs is 1. The fraction of sp³-hybridized carbons (Fsp3) is 0.286. The van der Waals surface area contributed by atoms with Crippen molar-refractivity contribution in [3.8, 4) is 0 Å². The minimum Gasteiger partial charge on any atom is -0.361 e. The third-order valence-electron chi connectivity index (χ3n) is 3.43. The standard InChI is InChI=1S/C14H17N5/c1-2-19-9-17-18-14(19)12(15)7-10-8-16-13-6-4-3-5-11(10)13/h3-6,8-9,12,16H,2,7,15H2,1H3/t12-/m0/s1. The molecule has 3 N–H and O–H groups in total. The first-order chi connectivity index (χ1) is 9.29. The number of nitrogens with zero attached hydrogens (tertiary/aromatic N) is 3. The molecule has 0 aliphatic rings. The molecule has 2 aromatic heterocycles. The lowest BCUT2D eigenvalue weighted by Crippen LogP contribution is -2.18. The number of para-hydroxylation sites is 1. The van der Waals surface area contributed by atoms with E-state index in [4.69, 9.17) is 5.73 Å². The molecule has 3 rings (SSSR count). The van der Waals surface area contributed by atoms with E-state index in [9.17, 15) is 0 Å². The molecule has 98 valence electrons. The minimum atomic E-state index is -0.137. The SMILES string of the molecule is CCn1cnnc1[C@@H](N)Cc1c[nH]c2ccccc12. The van der Waals surface area contributed by atoms with E-state index in [1.807, 2.05) is 22.9 Å². The van der Waals surface area contributed by atoms with Crippen LogP contribution in [-0.4, -0.2) is 19.7 Å². The summed E-state index contributed by atoms with van der Waals surface area (Å²) in [5.74, 6) is 0.841. The second kappa shape index (κ2) is 4.85. The first-order valence-electron chi connectivity index (χ1n) is 6.48. The zero-order valence-electron chi connectivity index (χ0n) is 10.9. The van der Waals surface area contributed by atoms with Gasteiger partial charge in [-0.1, -0.05) is 18.2 Å². The van der Waals surface area contributed by atoms with Crippen molar-refractivity contribution in [3.05, 3.63) is 48.2 Å². The van der Waals surface area contributed by atoms with Gasteiger partial charge in [-0.15, -0.1) is 10.2 Å². The fourth-order valence-corrected chi connectivity index (χ4v) is 2.42. The fourth-order valence-electron chi connectivity index (χ4n) is 2.42. The summed E-state index contributed by atoms with van der Waals surface area (Å²) in [7, 11) is 0. The largest absolute Gasteiger partial charge is 0.361 e. The maximum absolute atomic E-state index is 6.26. The van der Waals surface area contributed by atoms with Gasteiger partial charge in [0.25, 0.3) is 0 Å². The van der Waals surface area contributed by atoms with Gasteiger partial charge < -0.3 is 15.3 Å². The van der Waals surface area contributed by atoms with Gasteiger partial charge in [0.05, 0.1) is 6.04 Å². The average molecular weight is 255 g/mol. The number of hydrogen-bond donors (Lipinski definition) is 2. The number of aryl methyl sites for hydroxylation is 1. The van der Waals surface area contributed by atoms with Crippen LogP contribution < -0.4 is 5.73 Å². The molecular weight excluding hydrogens is 238 g/mol. The first kappa shape index (κ1) is 11.9. The zero-order chi connectivity index (χ0) is 13.2. The van der Waals surface area contributed by atoms with E-state index in [2.05, 4.69) is 34.2 Å². The summed E-state index contributed by atoms with van der Waals surface area (Å²) in [6.07, 6.45) is 4.50. The van der Waals surface area contributed by atoms with Crippen molar-refractivity contribution in [2.24, 2.45) is 5.73 Å². The predicted molar refractivity (Wildman–Crippen MR) is 74.6 cm³/mol. The Kier molecular flexibility index (Phi) is 3.05. The molecule has 0 spiro atoms. The lowest BCUT2D eigenvalue weighted by molar-refractivity contribution is 0.600. The van der Waals surface area contributed by atoms with Crippen LogP contribution in [-0.2, 0) is 13.0 Å². The number of benzene rings is 1. The second-order valence-corrected chi connectivity index (χ2v) is 4.65. The first-order valence-corrected chi connectivity index (χ1v) is 6.48. The van der Waals surface area contributed by atoms with Crippen molar-refractivity contribution in [2.45, 2.75) is 25.9 Å². The normalized spacial score (nSPS) is 12.9. The highest BCUT2D eigenvalue weighted by atomic mass is 15.3. The van der Waals surface area contributed by atoms with Crippen molar-refractivity contribution in [2.75, 3.05) is 0 Å². The quantitative estimate of drug-likeness (QED) is 0.749. The maximum atomic E-state index is 6.26. The Morgan fingerprint density at radius 3 is 3.05 bits per heavy atom. The number of nitrogens with one attached hydrogen (secondary N) is 1. The van der Waals surface area contributed by atoms with Crippen molar-refractivity contribution in [1.82, 2.24) is 19.7 Å². The van der Waals surface area contributed by atoms with Gasteiger partial charge in [0.15, 0.2) is 0 Å². The summed E-state index contributed by atoms with van der Waals surface area (Å²) in [6.45, 7) is 2.90. The van der Waals surface area contributed by atoms with Gasteiger partial charge in [0.2, 0.25) is 0 Å². The molecule has 1 aromatic carbocycles. The van der Waals surface area contributed by atoms with E-state index in [0.29, 0.717) is 0 Å². The average Bonchev–Trinajstić information content (AvgIpc) is 3.05. The molecule has 0 aliphatic heterocycles. The summed E-state index contributed by atoms with van der Waals surface area (Å²) in [5, 5.41) is 9.28. The van der Waals surface area contributed by atoms with Crippen molar-refractivity contribution >= 4 is 10.9 Å². The summed E-state index contributed by atoms with van der Waals surface area (Å²) < 4.78 is 1.99. The smallest absolute Gasteiger partial charge is 0.150 e. The molecule has 2 heterocycles. The van der Waals surface area contributed by atoms with E-state index in [1.54, 1.807) is 6.33 Å². The van der Waals surface area contributed by atoms with E-state index in [1.165, 1.54) is 10.9 Å². The van der Waals surface area contributed by atoms with Crippen molar-refractivity contribution < 1.29 is 0 Å². The molecule has 0 amide bonds. The van der Waals surface area contributed by atoms with E-state index in [-0.39, 0.29) is 6.04 Å². The molecule has 0 saturated heterocycles. The Morgan fingerprint density at radius 2 is 2.21 bits per heavy atom. The molecule has 0 saturated carbocycles. The molecule has 5 heteroatoms. The zero-order valence-corrected chi connectivity index (χ0v) is 10.9. The highest BCUT2D eigenvalue weighted by Crippen LogP contribution is 2.22. The summed E-state index contributed by atoms with van der Waals surface area (Å²) in [5.41, 5.74) is 8.62. The lowest BCUT2D eigenvalue weighted by atomic mass is 10.1. The Bertz CT molecular complexity index is 682. The molecule has 1 atom stereocenters. The van der Waals surface area contributed by atoms with Crippen LogP contribution in [0.3, 0.4) is 0 Å². The molecule has 0 bridgehead atoms.